The summed E-state index contributed by atoms with van der Waals surface area (Å²) in [5.74, 6) is -2.74. The van der Waals surface area contributed by atoms with Crippen molar-refractivity contribution in [3.05, 3.63) is 29.3 Å². The molecule has 0 saturated heterocycles. The van der Waals surface area contributed by atoms with E-state index in [0.717, 1.165) is 6.07 Å². The van der Waals surface area contributed by atoms with E-state index in [1.807, 2.05) is 0 Å². The molecule has 0 heterocycles. The Kier molecular flexibility index (Phi) is 4.50. The zero-order chi connectivity index (χ0) is 13.9. The molecule has 0 radical (unpaired) electrons. The molecule has 0 aliphatic carbocycles. The first-order valence-corrected chi connectivity index (χ1v) is 5.14. The number of hydrogen-bond donors (Lipinski definition) is 1. The SMILES string of the molecule is Cc1cc(F)c(F)cc1OC(CCN)C(F)(F)F. The summed E-state index contributed by atoms with van der Waals surface area (Å²) in [7, 11) is 0. The average Bonchev–Trinajstić information content (AvgIpc) is 2.23. The van der Waals surface area contributed by atoms with Gasteiger partial charge in [0.2, 0.25) is 0 Å². The molecule has 7 heteroatoms. The molecule has 2 N–H and O–H groups in total. The Hall–Kier alpha value is -1.37. The van der Waals surface area contributed by atoms with Crippen molar-refractivity contribution in [3.63, 3.8) is 0 Å². The van der Waals surface area contributed by atoms with Gasteiger partial charge in [-0.25, -0.2) is 8.78 Å². The first-order valence-electron chi connectivity index (χ1n) is 5.14. The number of hydrogen-bond acceptors (Lipinski definition) is 2. The number of nitrogens with two attached hydrogens (primary N) is 1. The Balaban J connectivity index is 2.97. The first-order chi connectivity index (χ1) is 8.25. The molecule has 2 nitrogen and oxygen atoms in total. The lowest BCUT2D eigenvalue weighted by Gasteiger charge is -2.22. The van der Waals surface area contributed by atoms with Crippen molar-refractivity contribution in [1.29, 1.82) is 0 Å². The van der Waals surface area contributed by atoms with Crippen LogP contribution in [0.5, 0.6) is 5.75 Å². The van der Waals surface area contributed by atoms with Crippen molar-refractivity contribution in [3.8, 4) is 5.75 Å². The topological polar surface area (TPSA) is 35.2 Å². The summed E-state index contributed by atoms with van der Waals surface area (Å²) in [6.07, 6.45) is -7.20. The van der Waals surface area contributed by atoms with Crippen molar-refractivity contribution in [2.75, 3.05) is 6.54 Å². The minimum atomic E-state index is -4.61. The Morgan fingerprint density at radius 1 is 1.22 bits per heavy atom. The highest BCUT2D eigenvalue weighted by Crippen LogP contribution is 2.29. The number of halogens is 5. The molecular formula is C11H12F5NO. The molecule has 102 valence electrons. The number of rotatable bonds is 4. The van der Waals surface area contributed by atoms with Gasteiger partial charge in [-0.15, -0.1) is 0 Å². The quantitative estimate of drug-likeness (QED) is 0.853. The van der Waals surface area contributed by atoms with Gasteiger partial charge in [0, 0.05) is 12.5 Å². The van der Waals surface area contributed by atoms with E-state index in [9.17, 15) is 22.0 Å². The van der Waals surface area contributed by atoms with Crippen molar-refractivity contribution in [1.82, 2.24) is 0 Å². The van der Waals surface area contributed by atoms with Gasteiger partial charge < -0.3 is 10.5 Å². The van der Waals surface area contributed by atoms with Crippen LogP contribution in [0.2, 0.25) is 0 Å². The molecule has 0 aliphatic rings. The van der Waals surface area contributed by atoms with E-state index in [2.05, 4.69) is 4.74 Å². The maximum Gasteiger partial charge on any atom is 0.425 e. The highest BCUT2D eigenvalue weighted by Gasteiger charge is 2.41. The Morgan fingerprint density at radius 3 is 2.28 bits per heavy atom. The van der Waals surface area contributed by atoms with Gasteiger partial charge in [-0.1, -0.05) is 0 Å². The summed E-state index contributed by atoms with van der Waals surface area (Å²) in [5.41, 5.74) is 5.14. The highest BCUT2D eigenvalue weighted by molar-refractivity contribution is 5.33. The maximum atomic E-state index is 12.9. The van der Waals surface area contributed by atoms with Gasteiger partial charge in [0.1, 0.15) is 5.75 Å². The van der Waals surface area contributed by atoms with Crippen LogP contribution in [0.4, 0.5) is 22.0 Å². The van der Waals surface area contributed by atoms with E-state index in [1.54, 1.807) is 0 Å². The Bertz CT molecular complexity index is 419. The third-order valence-corrected chi connectivity index (χ3v) is 2.28. The second-order valence-electron chi connectivity index (χ2n) is 3.76. The molecular weight excluding hydrogens is 257 g/mol. The van der Waals surface area contributed by atoms with Crippen molar-refractivity contribution >= 4 is 0 Å². The fourth-order valence-corrected chi connectivity index (χ4v) is 1.35. The summed E-state index contributed by atoms with van der Waals surface area (Å²) in [6, 6.07) is 1.38. The van der Waals surface area contributed by atoms with Gasteiger partial charge in [0.25, 0.3) is 0 Å². The van der Waals surface area contributed by atoms with Crippen LogP contribution in [-0.2, 0) is 0 Å². The number of benzene rings is 1. The fraction of sp³-hybridized carbons (Fsp3) is 0.455. The lowest BCUT2D eigenvalue weighted by molar-refractivity contribution is -0.196. The zero-order valence-corrected chi connectivity index (χ0v) is 9.52. The van der Waals surface area contributed by atoms with Gasteiger partial charge in [-0.05, 0) is 25.1 Å². The summed E-state index contributed by atoms with van der Waals surface area (Å²) in [4.78, 5) is 0. The highest BCUT2D eigenvalue weighted by atomic mass is 19.4. The van der Waals surface area contributed by atoms with E-state index >= 15 is 0 Å². The standard InChI is InChI=1S/C11H12F5NO/c1-6-4-7(12)8(13)5-9(6)18-10(2-3-17)11(14,15)16/h4-5,10H,2-3,17H2,1H3. The second kappa shape index (κ2) is 5.51. The largest absolute Gasteiger partial charge is 0.481 e. The first kappa shape index (κ1) is 14.7. The van der Waals surface area contributed by atoms with Crippen molar-refractivity contribution in [2.45, 2.75) is 25.6 Å². The predicted octanol–water partition coefficient (Wildman–Crippen LogP) is 2.93. The smallest absolute Gasteiger partial charge is 0.425 e. The molecule has 1 aromatic rings. The summed E-state index contributed by atoms with van der Waals surface area (Å²) in [6.45, 7) is 1.10. The third kappa shape index (κ3) is 3.56. The number of alkyl halides is 3. The van der Waals surface area contributed by atoms with Crippen LogP contribution in [0.1, 0.15) is 12.0 Å². The Labute approximate surface area is 101 Å². The molecule has 0 bridgehead atoms. The number of aryl methyl sites for hydroxylation is 1. The van der Waals surface area contributed by atoms with Crippen LogP contribution in [0.25, 0.3) is 0 Å². The van der Waals surface area contributed by atoms with Crippen molar-refractivity contribution < 1.29 is 26.7 Å². The normalized spacial score (nSPS) is 13.5. The van der Waals surface area contributed by atoms with Gasteiger partial charge in [0.15, 0.2) is 17.7 Å². The van der Waals surface area contributed by atoms with Crippen LogP contribution in [0.3, 0.4) is 0 Å². The average molecular weight is 269 g/mol. The van der Waals surface area contributed by atoms with Crippen LogP contribution in [0, 0.1) is 18.6 Å². The molecule has 0 aliphatic heterocycles. The number of ether oxygens (including phenoxy) is 1. The van der Waals surface area contributed by atoms with Crippen LogP contribution >= 0.6 is 0 Å². The molecule has 0 fully saturated rings. The van der Waals surface area contributed by atoms with Gasteiger partial charge in [0.05, 0.1) is 0 Å². The lowest BCUT2D eigenvalue weighted by atomic mass is 10.2. The molecule has 1 rings (SSSR count). The summed E-state index contributed by atoms with van der Waals surface area (Å²) in [5, 5.41) is 0. The fourth-order valence-electron chi connectivity index (χ4n) is 1.35. The van der Waals surface area contributed by atoms with Crippen LogP contribution < -0.4 is 10.5 Å². The van der Waals surface area contributed by atoms with Gasteiger partial charge in [-0.2, -0.15) is 13.2 Å². The minimum absolute atomic E-state index is 0.0835. The third-order valence-electron chi connectivity index (χ3n) is 2.28. The summed E-state index contributed by atoms with van der Waals surface area (Å²) < 4.78 is 68.1. The van der Waals surface area contributed by atoms with Crippen LogP contribution in [0.15, 0.2) is 12.1 Å². The van der Waals surface area contributed by atoms with Gasteiger partial charge in [-0.3, -0.25) is 0 Å². The van der Waals surface area contributed by atoms with Crippen LogP contribution in [-0.4, -0.2) is 18.8 Å². The minimum Gasteiger partial charge on any atom is -0.481 e. The van der Waals surface area contributed by atoms with E-state index in [1.165, 1.54) is 6.92 Å². The molecule has 1 aromatic carbocycles. The van der Waals surface area contributed by atoms with Crippen molar-refractivity contribution in [2.24, 2.45) is 5.73 Å². The molecule has 18 heavy (non-hydrogen) atoms. The Morgan fingerprint density at radius 2 is 1.78 bits per heavy atom. The molecule has 0 aromatic heterocycles. The van der Waals surface area contributed by atoms with Gasteiger partial charge >= 0.3 is 6.18 Å². The maximum absolute atomic E-state index is 12.9. The molecule has 0 amide bonds. The molecule has 0 spiro atoms. The van der Waals surface area contributed by atoms with E-state index in [0.29, 0.717) is 6.07 Å². The lowest BCUT2D eigenvalue weighted by Crippen LogP contribution is -2.36. The van der Waals surface area contributed by atoms with E-state index in [-0.39, 0.29) is 17.9 Å². The molecule has 1 unspecified atom stereocenters. The predicted molar refractivity (Wildman–Crippen MR) is 55.2 cm³/mol. The molecule has 1 atom stereocenters. The van der Waals surface area contributed by atoms with E-state index in [4.69, 9.17) is 5.73 Å². The second-order valence-corrected chi connectivity index (χ2v) is 3.76. The monoisotopic (exact) mass is 269 g/mol. The zero-order valence-electron chi connectivity index (χ0n) is 9.52. The van der Waals surface area contributed by atoms with E-state index < -0.39 is 30.3 Å². The molecule has 0 saturated carbocycles. The summed E-state index contributed by atoms with van der Waals surface area (Å²) >= 11 is 0.